The Morgan fingerprint density at radius 2 is 1.93 bits per heavy atom. The summed E-state index contributed by atoms with van der Waals surface area (Å²) in [4.78, 5) is 45.7. The number of amides is 2. The van der Waals surface area contributed by atoms with Crippen LogP contribution < -0.4 is 21.0 Å². The molecule has 0 aliphatic rings. The van der Waals surface area contributed by atoms with Crippen molar-refractivity contribution in [3.05, 3.63) is 39.7 Å². The van der Waals surface area contributed by atoms with Crippen LogP contribution in [0.4, 0.5) is 0 Å². The van der Waals surface area contributed by atoms with E-state index in [2.05, 4.69) is 10.6 Å². The van der Waals surface area contributed by atoms with Crippen molar-refractivity contribution in [3.8, 4) is 5.75 Å². The number of ether oxygens (including phenoxy) is 1. The van der Waals surface area contributed by atoms with Gasteiger partial charge in [0.2, 0.25) is 5.91 Å². The van der Waals surface area contributed by atoms with E-state index in [9.17, 15) is 19.2 Å². The molecule has 150 valence electrons. The van der Waals surface area contributed by atoms with Gasteiger partial charge in [-0.15, -0.1) is 0 Å². The molecule has 0 fully saturated rings. The summed E-state index contributed by atoms with van der Waals surface area (Å²) in [6.45, 7) is 4.27. The fourth-order valence-electron chi connectivity index (χ4n) is 2.62. The zero-order chi connectivity index (χ0) is 20.8. The number of hydrogen-bond acceptors (Lipinski definition) is 6. The zero-order valence-electron chi connectivity index (χ0n) is 15.8. The van der Waals surface area contributed by atoms with Crippen molar-refractivity contribution in [3.63, 3.8) is 0 Å². The van der Waals surface area contributed by atoms with Gasteiger partial charge in [0.25, 0.3) is 5.91 Å². The molecule has 28 heavy (non-hydrogen) atoms. The van der Waals surface area contributed by atoms with Gasteiger partial charge >= 0.3 is 11.6 Å². The molecule has 0 spiro atoms. The van der Waals surface area contributed by atoms with Crippen molar-refractivity contribution < 1.29 is 28.6 Å². The predicted molar refractivity (Wildman–Crippen MR) is 100 cm³/mol. The average Bonchev–Trinajstić information content (AvgIpc) is 2.66. The summed E-state index contributed by atoms with van der Waals surface area (Å²) in [6.07, 6.45) is -0.255. The molecule has 2 amide bonds. The SMILES string of the molecule is CCc1cc(=O)oc2c(C)c(OC(C)C(=O)NCC(=O)NCC(=O)O)ccc12. The van der Waals surface area contributed by atoms with Gasteiger partial charge in [-0.25, -0.2) is 4.79 Å². The fourth-order valence-corrected chi connectivity index (χ4v) is 2.62. The summed E-state index contributed by atoms with van der Waals surface area (Å²) in [6, 6.07) is 4.91. The van der Waals surface area contributed by atoms with Crippen molar-refractivity contribution in [2.24, 2.45) is 0 Å². The number of carbonyl (C=O) groups excluding carboxylic acids is 2. The van der Waals surface area contributed by atoms with Crippen molar-refractivity contribution in [1.82, 2.24) is 10.6 Å². The minimum atomic E-state index is -1.18. The molecule has 0 aliphatic heterocycles. The van der Waals surface area contributed by atoms with E-state index in [0.29, 0.717) is 23.3 Å². The lowest BCUT2D eigenvalue weighted by Crippen LogP contribution is -2.43. The summed E-state index contributed by atoms with van der Waals surface area (Å²) in [5, 5.41) is 13.8. The number of carboxylic acids is 1. The minimum Gasteiger partial charge on any atom is -0.480 e. The quantitative estimate of drug-likeness (QED) is 0.566. The molecule has 0 saturated heterocycles. The third-order valence-corrected chi connectivity index (χ3v) is 4.11. The van der Waals surface area contributed by atoms with Gasteiger partial charge in [0.15, 0.2) is 6.10 Å². The molecule has 1 atom stereocenters. The number of carbonyl (C=O) groups is 3. The van der Waals surface area contributed by atoms with Crippen LogP contribution in [0.25, 0.3) is 11.0 Å². The van der Waals surface area contributed by atoms with Crippen LogP contribution in [0.1, 0.15) is 25.0 Å². The molecule has 1 unspecified atom stereocenters. The number of carboxylic acid groups (broad SMARTS) is 1. The molecular formula is C19H22N2O7. The molecule has 2 aromatic rings. The average molecular weight is 390 g/mol. The second-order valence-electron chi connectivity index (χ2n) is 6.16. The van der Waals surface area contributed by atoms with Gasteiger partial charge in [-0.1, -0.05) is 6.92 Å². The smallest absolute Gasteiger partial charge is 0.336 e. The van der Waals surface area contributed by atoms with Crippen LogP contribution in [-0.2, 0) is 20.8 Å². The van der Waals surface area contributed by atoms with Crippen LogP contribution in [0, 0.1) is 6.92 Å². The monoisotopic (exact) mass is 390 g/mol. The molecule has 0 radical (unpaired) electrons. The molecular weight excluding hydrogens is 368 g/mol. The number of hydrogen-bond donors (Lipinski definition) is 3. The van der Waals surface area contributed by atoms with Crippen molar-refractivity contribution in [1.29, 1.82) is 0 Å². The first-order valence-electron chi connectivity index (χ1n) is 8.72. The molecule has 1 aromatic carbocycles. The van der Waals surface area contributed by atoms with E-state index in [-0.39, 0.29) is 6.54 Å². The highest BCUT2D eigenvalue weighted by Crippen LogP contribution is 2.29. The zero-order valence-corrected chi connectivity index (χ0v) is 15.8. The number of benzene rings is 1. The third kappa shape index (κ3) is 5.09. The van der Waals surface area contributed by atoms with Gasteiger partial charge in [0, 0.05) is 17.0 Å². The van der Waals surface area contributed by atoms with Crippen LogP contribution in [-0.4, -0.2) is 42.1 Å². The molecule has 1 heterocycles. The number of aliphatic carboxylic acids is 1. The lowest BCUT2D eigenvalue weighted by atomic mass is 10.0. The highest BCUT2D eigenvalue weighted by Gasteiger charge is 2.18. The topological polar surface area (TPSA) is 135 Å². The Morgan fingerprint density at radius 1 is 1.21 bits per heavy atom. The number of fused-ring (bicyclic) bond motifs is 1. The normalized spacial score (nSPS) is 11.7. The summed E-state index contributed by atoms with van der Waals surface area (Å²) < 4.78 is 11.0. The Balaban J connectivity index is 2.08. The second kappa shape index (κ2) is 9.03. The fraction of sp³-hybridized carbons (Fsp3) is 0.368. The van der Waals surface area contributed by atoms with E-state index in [0.717, 1.165) is 10.9 Å². The van der Waals surface area contributed by atoms with E-state index >= 15 is 0 Å². The van der Waals surface area contributed by atoms with E-state index in [4.69, 9.17) is 14.3 Å². The number of nitrogens with one attached hydrogen (secondary N) is 2. The predicted octanol–water partition coefficient (Wildman–Crippen LogP) is 0.748. The van der Waals surface area contributed by atoms with E-state index in [1.54, 1.807) is 19.1 Å². The lowest BCUT2D eigenvalue weighted by Gasteiger charge is -2.17. The molecule has 9 nitrogen and oxygen atoms in total. The molecule has 2 rings (SSSR count). The molecule has 9 heteroatoms. The van der Waals surface area contributed by atoms with Crippen molar-refractivity contribution >= 4 is 28.8 Å². The first-order chi connectivity index (χ1) is 13.2. The summed E-state index contributed by atoms with van der Waals surface area (Å²) in [5.41, 5.74) is 1.40. The van der Waals surface area contributed by atoms with Gasteiger partial charge in [0.05, 0.1) is 6.54 Å². The molecule has 3 N–H and O–H groups in total. The summed E-state index contributed by atoms with van der Waals surface area (Å²) in [7, 11) is 0. The Bertz CT molecular complexity index is 965. The maximum absolute atomic E-state index is 12.1. The van der Waals surface area contributed by atoms with Crippen molar-refractivity contribution in [2.75, 3.05) is 13.1 Å². The molecule has 0 bridgehead atoms. The van der Waals surface area contributed by atoms with Gasteiger partial charge in [-0.05, 0) is 38.0 Å². The van der Waals surface area contributed by atoms with Crippen molar-refractivity contribution in [2.45, 2.75) is 33.3 Å². The first kappa shape index (κ1) is 20.9. The maximum Gasteiger partial charge on any atom is 0.336 e. The largest absolute Gasteiger partial charge is 0.480 e. The summed E-state index contributed by atoms with van der Waals surface area (Å²) >= 11 is 0. The maximum atomic E-state index is 12.1. The number of aryl methyl sites for hydroxylation is 2. The standard InChI is InChI=1S/C19H22N2O7/c1-4-12-7-17(25)28-18-10(2)14(6-5-13(12)18)27-11(3)19(26)21-8-15(22)20-9-16(23)24/h5-7,11H,4,8-9H2,1-3H3,(H,20,22)(H,21,26)(H,23,24). The Morgan fingerprint density at radius 3 is 2.57 bits per heavy atom. The van der Waals surface area contributed by atoms with E-state index in [1.165, 1.54) is 13.0 Å². The Labute approximate surface area is 160 Å². The number of rotatable bonds is 8. The van der Waals surface area contributed by atoms with Crippen LogP contribution in [0.3, 0.4) is 0 Å². The van der Waals surface area contributed by atoms with Crippen LogP contribution >= 0.6 is 0 Å². The summed E-state index contributed by atoms with van der Waals surface area (Å²) in [5.74, 6) is -1.98. The second-order valence-corrected chi connectivity index (χ2v) is 6.16. The van der Waals surface area contributed by atoms with E-state index in [1.807, 2.05) is 6.92 Å². The van der Waals surface area contributed by atoms with Crippen LogP contribution in [0.15, 0.2) is 27.4 Å². The van der Waals surface area contributed by atoms with Crippen LogP contribution in [0.5, 0.6) is 5.75 Å². The lowest BCUT2D eigenvalue weighted by molar-refractivity contribution is -0.137. The van der Waals surface area contributed by atoms with Gasteiger partial charge < -0.3 is 24.9 Å². The highest BCUT2D eigenvalue weighted by molar-refractivity contribution is 5.88. The van der Waals surface area contributed by atoms with Crippen LogP contribution in [0.2, 0.25) is 0 Å². The van der Waals surface area contributed by atoms with Gasteiger partial charge in [-0.3, -0.25) is 14.4 Å². The molecule has 1 aromatic heterocycles. The van der Waals surface area contributed by atoms with Gasteiger partial charge in [0.1, 0.15) is 17.9 Å². The minimum absolute atomic E-state index is 0.370. The van der Waals surface area contributed by atoms with Gasteiger partial charge in [-0.2, -0.15) is 0 Å². The van der Waals surface area contributed by atoms with E-state index < -0.39 is 36.1 Å². The Kier molecular flexibility index (Phi) is 6.75. The third-order valence-electron chi connectivity index (χ3n) is 4.11. The first-order valence-corrected chi connectivity index (χ1v) is 8.72. The molecule has 0 aliphatic carbocycles. The molecule has 0 saturated carbocycles. The highest BCUT2D eigenvalue weighted by atomic mass is 16.5. The Hall–Kier alpha value is -3.36.